The van der Waals surface area contributed by atoms with Gasteiger partial charge in [-0.2, -0.15) is 4.98 Å². The maximum absolute atomic E-state index is 13.5. The van der Waals surface area contributed by atoms with E-state index in [0.717, 1.165) is 10.9 Å². The van der Waals surface area contributed by atoms with Crippen LogP contribution in [0, 0.1) is 0 Å². The van der Waals surface area contributed by atoms with Crippen LogP contribution in [0.2, 0.25) is 0 Å². The van der Waals surface area contributed by atoms with Gasteiger partial charge in [-0.05, 0) is 6.07 Å². The van der Waals surface area contributed by atoms with Crippen molar-refractivity contribution in [3.8, 4) is 0 Å². The zero-order valence-corrected chi connectivity index (χ0v) is 34.2. The van der Waals surface area contributed by atoms with Crippen LogP contribution in [-0.2, 0) is 50.9 Å². The molecule has 0 radical (unpaired) electrons. The van der Waals surface area contributed by atoms with E-state index in [1.807, 2.05) is 0 Å². The lowest BCUT2D eigenvalue weighted by Crippen LogP contribution is -2.62. The number of fused-ring (bicyclic) bond motifs is 1. The van der Waals surface area contributed by atoms with Crippen molar-refractivity contribution in [3.63, 3.8) is 0 Å². The quantitative estimate of drug-likeness (QED) is 0.0562. The van der Waals surface area contributed by atoms with Gasteiger partial charge < -0.3 is 85.8 Å². The Balaban J connectivity index is 1.03. The Labute approximate surface area is 353 Å². The van der Waals surface area contributed by atoms with Crippen molar-refractivity contribution in [2.45, 2.75) is 105 Å². The molecule has 0 amide bonds. The van der Waals surface area contributed by atoms with Gasteiger partial charge >= 0.3 is 21.3 Å². The average Bonchev–Trinajstić information content (AvgIpc) is 4.01. The van der Waals surface area contributed by atoms with E-state index in [0.29, 0.717) is 0 Å². The SMILES string of the molecule is Nc1ccn([C@H]2C[C@H](OP(=O)(O)OC[C@H]3O[C@@H](n4cnc5c(N)ncnc54)C[C@@H]3OP(=O)(O)OC[C@H]3O[C@@](CO)(O[C@H]4O[C@H](CO)[C@@H](O)[C@H](O)[C@H]4O)[C@@H](O)[C@@H]3O)[C@@H](CO)O2)c(=O)n1. The summed E-state index contributed by atoms with van der Waals surface area (Å²) < 4.78 is 78.2. The summed E-state index contributed by atoms with van der Waals surface area (Å²) in [4.78, 5) is 49.8. The molecule has 3 aromatic rings. The molecule has 3 aromatic heterocycles. The van der Waals surface area contributed by atoms with Gasteiger partial charge in [-0.15, -0.1) is 0 Å². The molecule has 4 saturated heterocycles. The number of phosphoric acid groups is 2. The number of hydrogen-bond donors (Lipinski definition) is 12. The first-order chi connectivity index (χ1) is 29.8. The van der Waals surface area contributed by atoms with E-state index in [1.54, 1.807) is 0 Å². The lowest BCUT2D eigenvalue weighted by Gasteiger charge is -2.43. The Bertz CT molecular complexity index is 2230. The van der Waals surface area contributed by atoms with Crippen LogP contribution in [0.3, 0.4) is 0 Å². The molecule has 32 heteroatoms. The van der Waals surface area contributed by atoms with Gasteiger partial charge in [-0.25, -0.2) is 28.9 Å². The molecule has 2 unspecified atom stereocenters. The third-order valence-electron chi connectivity index (χ3n) is 10.6. The number of imidazole rings is 1. The molecular formula is C31H46N8O22P2. The van der Waals surface area contributed by atoms with E-state index < -0.39 is 146 Å². The van der Waals surface area contributed by atoms with Crippen LogP contribution in [0.25, 0.3) is 11.2 Å². The van der Waals surface area contributed by atoms with Crippen molar-refractivity contribution in [2.24, 2.45) is 0 Å². The molecule has 352 valence electrons. The summed E-state index contributed by atoms with van der Waals surface area (Å²) in [7, 11) is -10.4. The smallest absolute Gasteiger partial charge is 0.394 e. The van der Waals surface area contributed by atoms with E-state index in [2.05, 4.69) is 19.9 Å². The Hall–Kier alpha value is -3.27. The topological polar surface area (TPSA) is 450 Å². The van der Waals surface area contributed by atoms with Gasteiger partial charge in [0.25, 0.3) is 0 Å². The Kier molecular flexibility index (Phi) is 14.3. The largest absolute Gasteiger partial charge is 0.472 e. The fourth-order valence-corrected chi connectivity index (χ4v) is 9.28. The summed E-state index contributed by atoms with van der Waals surface area (Å²) in [5.74, 6) is -2.67. The van der Waals surface area contributed by atoms with E-state index in [1.165, 1.54) is 23.2 Å². The van der Waals surface area contributed by atoms with Gasteiger partial charge in [0.05, 0.1) is 32.8 Å². The highest BCUT2D eigenvalue weighted by Crippen LogP contribution is 2.52. The first-order valence-corrected chi connectivity index (χ1v) is 21.9. The molecule has 0 saturated carbocycles. The van der Waals surface area contributed by atoms with Crippen LogP contribution in [0.4, 0.5) is 11.6 Å². The highest BCUT2D eigenvalue weighted by molar-refractivity contribution is 7.47. The third kappa shape index (κ3) is 9.96. The number of nitrogens with zero attached hydrogens (tertiary/aromatic N) is 6. The van der Waals surface area contributed by atoms with Crippen LogP contribution >= 0.6 is 15.6 Å². The minimum absolute atomic E-state index is 0.0122. The number of hydrogen-bond acceptors (Lipinski definition) is 26. The summed E-state index contributed by atoms with van der Waals surface area (Å²) in [6.45, 7) is -4.68. The van der Waals surface area contributed by atoms with Crippen LogP contribution in [0.5, 0.6) is 0 Å². The number of aliphatic hydroxyl groups is 8. The second kappa shape index (κ2) is 18.9. The number of rotatable bonds is 17. The van der Waals surface area contributed by atoms with Crippen molar-refractivity contribution < 1.29 is 102 Å². The number of aliphatic hydroxyl groups excluding tert-OH is 8. The molecule has 4 aliphatic heterocycles. The Morgan fingerprint density at radius 2 is 1.40 bits per heavy atom. The minimum Gasteiger partial charge on any atom is -0.394 e. The molecule has 14 N–H and O–H groups in total. The number of nitrogen functional groups attached to an aromatic ring is 2. The molecule has 0 spiro atoms. The molecule has 0 bridgehead atoms. The molecule has 7 rings (SSSR count). The predicted molar refractivity (Wildman–Crippen MR) is 200 cm³/mol. The van der Waals surface area contributed by atoms with Crippen molar-refractivity contribution in [2.75, 3.05) is 44.5 Å². The van der Waals surface area contributed by atoms with Crippen LogP contribution < -0.4 is 17.2 Å². The van der Waals surface area contributed by atoms with Crippen molar-refractivity contribution in [1.29, 1.82) is 0 Å². The van der Waals surface area contributed by atoms with Gasteiger partial charge in [-0.3, -0.25) is 27.2 Å². The number of aromatic nitrogens is 6. The van der Waals surface area contributed by atoms with E-state index in [9.17, 15) is 64.6 Å². The normalized spacial score (nSPS) is 37.9. The second-order valence-corrected chi connectivity index (χ2v) is 17.5. The summed E-state index contributed by atoms with van der Waals surface area (Å²) in [6, 6.07) is 1.31. The van der Waals surface area contributed by atoms with E-state index in [4.69, 9.17) is 53.2 Å². The van der Waals surface area contributed by atoms with Gasteiger partial charge in [0.15, 0.2) is 17.8 Å². The summed E-state index contributed by atoms with van der Waals surface area (Å²) in [6.07, 6.45) is -19.6. The molecule has 7 heterocycles. The monoisotopic (exact) mass is 944 g/mol. The summed E-state index contributed by atoms with van der Waals surface area (Å²) in [5, 5.41) is 81.9. The van der Waals surface area contributed by atoms with Gasteiger partial charge in [-0.1, -0.05) is 0 Å². The molecular weight excluding hydrogens is 898 g/mol. The van der Waals surface area contributed by atoms with Crippen molar-refractivity contribution >= 4 is 38.4 Å². The van der Waals surface area contributed by atoms with Crippen molar-refractivity contribution in [3.05, 3.63) is 35.4 Å². The second-order valence-electron chi connectivity index (χ2n) is 14.7. The van der Waals surface area contributed by atoms with Gasteiger partial charge in [0.1, 0.15) is 104 Å². The third-order valence-corrected chi connectivity index (χ3v) is 12.7. The number of anilines is 2. The predicted octanol–water partition coefficient (Wildman–Crippen LogP) is -5.55. The number of phosphoric ester groups is 2. The van der Waals surface area contributed by atoms with Crippen LogP contribution in [-0.4, -0.2) is 192 Å². The molecule has 4 fully saturated rings. The molecule has 17 atom stereocenters. The zero-order valence-electron chi connectivity index (χ0n) is 32.4. The highest BCUT2D eigenvalue weighted by atomic mass is 31.2. The number of nitrogens with two attached hydrogens (primary N) is 2. The summed E-state index contributed by atoms with van der Waals surface area (Å²) >= 11 is 0. The van der Waals surface area contributed by atoms with Gasteiger partial charge in [0, 0.05) is 19.0 Å². The number of ether oxygens (including phenoxy) is 5. The maximum atomic E-state index is 13.5. The van der Waals surface area contributed by atoms with Gasteiger partial charge in [0.2, 0.25) is 5.79 Å². The zero-order chi connectivity index (χ0) is 45.6. The average molecular weight is 945 g/mol. The fourth-order valence-electron chi connectivity index (χ4n) is 7.36. The fraction of sp³-hybridized carbons (Fsp3) is 0.710. The standard InChI is InChI=1S/C31H46N8O22P2/c32-18-1-2-38(30(48)37-18)19-3-12(14(5-40)55-19)60-62(49,50)53-7-16-13(4-20(56-16)39-11-36-21-27(33)34-10-35-28(21)39)61-63(51,52)54-8-17-23(44)26(47)31(9-42,58-17)59-29-25(46)24(45)22(43)15(6-41)57-29/h1-2,10-17,19-20,22-26,29,40-47H,3-9H2,(H,49,50)(H,51,52)(H2,32,37,48)(H2,33,34,35)/t12-,13-,14+,15+,16+,17+,19+,20+,22+,23+,24-,25+,26-,29+,31-/m0/s1. The lowest BCUT2D eigenvalue weighted by molar-refractivity contribution is -0.383. The first-order valence-electron chi connectivity index (χ1n) is 18.9. The minimum atomic E-state index is -5.29. The van der Waals surface area contributed by atoms with E-state index in [-0.39, 0.29) is 35.6 Å². The molecule has 0 aliphatic carbocycles. The van der Waals surface area contributed by atoms with Crippen LogP contribution in [0.15, 0.2) is 29.7 Å². The highest BCUT2D eigenvalue weighted by Gasteiger charge is 2.59. The van der Waals surface area contributed by atoms with Crippen LogP contribution in [0.1, 0.15) is 25.3 Å². The molecule has 30 nitrogen and oxygen atoms in total. The molecule has 0 aromatic carbocycles. The van der Waals surface area contributed by atoms with E-state index >= 15 is 0 Å². The Morgan fingerprint density at radius 1 is 0.778 bits per heavy atom. The first kappa shape index (κ1) is 47.7. The lowest BCUT2D eigenvalue weighted by atomic mass is 9.99. The Morgan fingerprint density at radius 3 is 2.03 bits per heavy atom. The molecule has 4 aliphatic rings. The van der Waals surface area contributed by atoms with Crippen molar-refractivity contribution in [1.82, 2.24) is 29.1 Å². The maximum Gasteiger partial charge on any atom is 0.472 e. The summed E-state index contributed by atoms with van der Waals surface area (Å²) in [5.41, 5.74) is 11.0. The molecule has 63 heavy (non-hydrogen) atoms.